The standard InChI is InChI=1S/C34H53NO3/c1-28(2,3)21-23(36)35-26(22-19-17-16-18-20-22)33(27(37)38-32(13,14)15)24(29(4,5)6)25(30(7,8)9)34(33,35)31(10,11)12/h16-20,26H,21H2,1-15H3. The summed E-state index contributed by atoms with van der Waals surface area (Å²) in [6, 6.07) is 9.69. The van der Waals surface area contributed by atoms with Crippen molar-refractivity contribution in [3.63, 3.8) is 0 Å². The van der Waals surface area contributed by atoms with Crippen LogP contribution in [0.25, 0.3) is 0 Å². The first-order valence-corrected chi connectivity index (χ1v) is 14.2. The third kappa shape index (κ3) is 4.34. The molecule has 0 radical (unpaired) electrons. The average molecular weight is 524 g/mol. The maximum atomic E-state index is 14.8. The lowest BCUT2D eigenvalue weighted by molar-refractivity contribution is -0.264. The summed E-state index contributed by atoms with van der Waals surface area (Å²) in [6.45, 7) is 32.0. The Hall–Kier alpha value is -2.10. The number of likely N-dealkylation sites (tertiary alicyclic amines) is 1. The normalized spacial score (nSPS) is 26.4. The molecule has 38 heavy (non-hydrogen) atoms. The molecule has 1 fully saturated rings. The number of rotatable bonds is 3. The van der Waals surface area contributed by atoms with Crippen molar-refractivity contribution < 1.29 is 14.3 Å². The first-order valence-electron chi connectivity index (χ1n) is 14.2. The average Bonchev–Trinajstić information content (AvgIpc) is 2.62. The van der Waals surface area contributed by atoms with Crippen LogP contribution in [0.2, 0.25) is 0 Å². The Kier molecular flexibility index (Phi) is 6.97. The lowest BCUT2D eigenvalue weighted by atomic mass is 9.29. The van der Waals surface area contributed by atoms with E-state index in [9.17, 15) is 9.59 Å². The molecule has 1 amide bonds. The van der Waals surface area contributed by atoms with Gasteiger partial charge < -0.3 is 9.64 Å². The molecule has 1 aromatic carbocycles. The van der Waals surface area contributed by atoms with Crippen LogP contribution in [0.15, 0.2) is 41.5 Å². The molecule has 2 aliphatic rings. The Morgan fingerprint density at radius 3 is 1.61 bits per heavy atom. The summed E-state index contributed by atoms with van der Waals surface area (Å²) in [7, 11) is 0. The van der Waals surface area contributed by atoms with Gasteiger partial charge in [-0.2, -0.15) is 0 Å². The minimum Gasteiger partial charge on any atom is -0.459 e. The largest absolute Gasteiger partial charge is 0.459 e. The summed E-state index contributed by atoms with van der Waals surface area (Å²) in [6.07, 6.45) is 0.404. The number of hydrogen-bond acceptors (Lipinski definition) is 3. The van der Waals surface area contributed by atoms with Gasteiger partial charge in [0.2, 0.25) is 5.91 Å². The van der Waals surface area contributed by atoms with Crippen LogP contribution in [0.3, 0.4) is 0 Å². The Morgan fingerprint density at radius 1 is 0.763 bits per heavy atom. The van der Waals surface area contributed by atoms with Crippen molar-refractivity contribution in [2.45, 2.75) is 127 Å². The molecule has 0 spiro atoms. The lowest BCUT2D eigenvalue weighted by Gasteiger charge is -2.83. The van der Waals surface area contributed by atoms with Crippen LogP contribution in [0.5, 0.6) is 0 Å². The molecule has 3 atom stereocenters. The zero-order valence-electron chi connectivity index (χ0n) is 26.8. The number of ether oxygens (including phenoxy) is 1. The van der Waals surface area contributed by atoms with Gasteiger partial charge in [0, 0.05) is 6.42 Å². The second kappa shape index (κ2) is 8.70. The molecule has 3 unspecified atom stereocenters. The van der Waals surface area contributed by atoms with Gasteiger partial charge in [-0.15, -0.1) is 0 Å². The minimum absolute atomic E-state index is 0.0928. The predicted octanol–water partition coefficient (Wildman–Crippen LogP) is 8.52. The fourth-order valence-electron chi connectivity index (χ4n) is 7.50. The number of esters is 1. The van der Waals surface area contributed by atoms with E-state index >= 15 is 0 Å². The quantitative estimate of drug-likeness (QED) is 0.295. The Morgan fingerprint density at radius 2 is 1.24 bits per heavy atom. The van der Waals surface area contributed by atoms with Gasteiger partial charge in [-0.1, -0.05) is 113 Å². The highest BCUT2D eigenvalue weighted by Gasteiger charge is 2.89. The molecule has 0 aromatic heterocycles. The van der Waals surface area contributed by atoms with E-state index in [1.807, 2.05) is 39.0 Å². The number of benzene rings is 1. The predicted molar refractivity (Wildman–Crippen MR) is 157 cm³/mol. The fourth-order valence-corrected chi connectivity index (χ4v) is 7.50. The van der Waals surface area contributed by atoms with Crippen molar-refractivity contribution in [2.24, 2.45) is 27.1 Å². The molecular weight excluding hydrogens is 470 g/mol. The molecule has 212 valence electrons. The van der Waals surface area contributed by atoms with Crippen molar-refractivity contribution in [3.8, 4) is 0 Å². The van der Waals surface area contributed by atoms with Gasteiger partial charge in [0.1, 0.15) is 11.0 Å². The van der Waals surface area contributed by atoms with Crippen LogP contribution in [0, 0.1) is 27.1 Å². The van der Waals surface area contributed by atoms with Crippen molar-refractivity contribution in [3.05, 3.63) is 47.0 Å². The van der Waals surface area contributed by atoms with Crippen molar-refractivity contribution >= 4 is 11.9 Å². The van der Waals surface area contributed by atoms with Gasteiger partial charge in [-0.25, -0.2) is 0 Å². The van der Waals surface area contributed by atoms with Crippen LogP contribution in [-0.2, 0) is 14.3 Å². The summed E-state index contributed by atoms with van der Waals surface area (Å²) in [5, 5.41) is 0. The van der Waals surface area contributed by atoms with Gasteiger partial charge >= 0.3 is 5.97 Å². The van der Waals surface area contributed by atoms with E-state index in [4.69, 9.17) is 4.74 Å². The van der Waals surface area contributed by atoms with Gasteiger partial charge in [0.25, 0.3) is 0 Å². The molecule has 1 aromatic rings. The van der Waals surface area contributed by atoms with E-state index in [1.165, 1.54) is 5.57 Å². The van der Waals surface area contributed by atoms with Crippen LogP contribution in [0.4, 0.5) is 0 Å². The molecule has 0 bridgehead atoms. The van der Waals surface area contributed by atoms with Crippen molar-refractivity contribution in [1.29, 1.82) is 0 Å². The summed E-state index contributed by atoms with van der Waals surface area (Å²) in [5.41, 5.74) is -0.322. The highest BCUT2D eigenvalue weighted by Crippen LogP contribution is 2.83. The van der Waals surface area contributed by atoms with Gasteiger partial charge in [-0.05, 0) is 59.1 Å². The molecule has 3 rings (SSSR count). The molecule has 1 heterocycles. The first-order chi connectivity index (χ1) is 16.8. The Balaban J connectivity index is 2.57. The van der Waals surface area contributed by atoms with Gasteiger partial charge in [0.05, 0.1) is 11.6 Å². The molecular formula is C34H53NO3. The zero-order chi connectivity index (χ0) is 29.5. The van der Waals surface area contributed by atoms with E-state index in [0.29, 0.717) is 6.42 Å². The van der Waals surface area contributed by atoms with Crippen LogP contribution in [0.1, 0.15) is 122 Å². The third-order valence-electron chi connectivity index (χ3n) is 7.98. The molecule has 1 aliphatic heterocycles. The number of carbonyl (C=O) groups is 2. The van der Waals surface area contributed by atoms with E-state index < -0.39 is 28.0 Å². The maximum Gasteiger partial charge on any atom is 0.322 e. The molecule has 4 nitrogen and oxygen atoms in total. The van der Waals surface area contributed by atoms with Gasteiger partial charge in [0.15, 0.2) is 0 Å². The minimum atomic E-state index is -0.992. The van der Waals surface area contributed by atoms with Gasteiger partial charge in [-0.3, -0.25) is 9.59 Å². The number of hydrogen-bond donors (Lipinski definition) is 0. The van der Waals surface area contributed by atoms with Crippen LogP contribution >= 0.6 is 0 Å². The lowest BCUT2D eigenvalue weighted by Crippen LogP contribution is -2.91. The van der Waals surface area contributed by atoms with Crippen molar-refractivity contribution in [2.75, 3.05) is 0 Å². The summed E-state index contributed by atoms with van der Waals surface area (Å²) in [5.74, 6) is -0.123. The molecule has 1 aliphatic carbocycles. The Labute approximate surface area is 232 Å². The van der Waals surface area contributed by atoms with Crippen LogP contribution < -0.4 is 0 Å². The van der Waals surface area contributed by atoms with E-state index in [2.05, 4.69) is 100 Å². The molecule has 1 saturated heterocycles. The van der Waals surface area contributed by atoms with Crippen molar-refractivity contribution in [1.82, 2.24) is 4.90 Å². The second-order valence-electron chi connectivity index (χ2n) is 16.8. The van der Waals surface area contributed by atoms with E-state index in [-0.39, 0.29) is 28.1 Å². The number of nitrogens with zero attached hydrogens (tertiary/aromatic N) is 1. The number of amides is 1. The first kappa shape index (κ1) is 30.4. The monoisotopic (exact) mass is 523 g/mol. The fraction of sp³-hybridized carbons (Fsp3) is 0.706. The topological polar surface area (TPSA) is 46.6 Å². The smallest absolute Gasteiger partial charge is 0.322 e. The number of fused-ring (bicyclic) bond motifs is 1. The highest BCUT2D eigenvalue weighted by molar-refractivity contribution is 5.98. The highest BCUT2D eigenvalue weighted by atomic mass is 16.6. The number of carbonyl (C=O) groups excluding carboxylic acids is 2. The van der Waals surface area contributed by atoms with E-state index in [1.54, 1.807) is 0 Å². The SMILES string of the molecule is CC(C)(C)CC(=O)N1C(c2ccccc2)C2(C(=O)OC(C)(C)C)C(C(C)(C)C)=C(C(C)(C)C)C12C(C)(C)C. The second-order valence-corrected chi connectivity index (χ2v) is 16.8. The molecule has 4 heteroatoms. The third-order valence-corrected chi connectivity index (χ3v) is 7.98. The molecule has 0 N–H and O–H groups in total. The Bertz CT molecular complexity index is 1130. The summed E-state index contributed by atoms with van der Waals surface area (Å²) >= 11 is 0. The zero-order valence-corrected chi connectivity index (χ0v) is 26.8. The summed E-state index contributed by atoms with van der Waals surface area (Å²) in [4.78, 5) is 31.4. The summed E-state index contributed by atoms with van der Waals surface area (Å²) < 4.78 is 6.34. The maximum absolute atomic E-state index is 14.8. The molecule has 0 saturated carbocycles. The van der Waals surface area contributed by atoms with E-state index in [0.717, 1.165) is 11.1 Å². The van der Waals surface area contributed by atoms with Crippen LogP contribution in [-0.4, -0.2) is 27.9 Å².